The molecule has 36 heavy (non-hydrogen) atoms. The zero-order valence-corrected chi connectivity index (χ0v) is 23.9. The van der Waals surface area contributed by atoms with Crippen molar-refractivity contribution in [3.63, 3.8) is 0 Å². The Kier molecular flexibility index (Phi) is 13.2. The van der Waals surface area contributed by atoms with Crippen LogP contribution in [0.2, 0.25) is 0 Å². The smallest absolute Gasteiger partial charge is 0.124 e. The van der Waals surface area contributed by atoms with Crippen molar-refractivity contribution in [2.24, 2.45) is 15.9 Å². The standard InChI is InChI=1S/C16H19BrN2O.C15H21N/c1-11(2)9-15(13-7-5-6-8-16(13)20)19-12(3)14(17)10-18-4;1-14-9-12-16(13-10-14)11-5-8-15-6-3-2-4-7-15/h5-10,20H,1-4H3;2-8,14H,9-13H2,1H3/b14-12-,18-10?,19-15?;8-5+. The van der Waals surface area contributed by atoms with E-state index in [0.29, 0.717) is 5.56 Å². The Hall–Kier alpha value is -2.76. The molecule has 0 bridgehead atoms. The fourth-order valence-electron chi connectivity index (χ4n) is 3.72. The van der Waals surface area contributed by atoms with Gasteiger partial charge < -0.3 is 5.11 Å². The second kappa shape index (κ2) is 16.1. The van der Waals surface area contributed by atoms with Gasteiger partial charge in [0.1, 0.15) is 5.75 Å². The van der Waals surface area contributed by atoms with Gasteiger partial charge in [-0.05, 0) is 92.3 Å². The molecule has 0 amide bonds. The van der Waals surface area contributed by atoms with E-state index in [4.69, 9.17) is 0 Å². The summed E-state index contributed by atoms with van der Waals surface area (Å²) in [6, 6.07) is 17.7. The average Bonchev–Trinajstić information content (AvgIpc) is 2.86. The van der Waals surface area contributed by atoms with Gasteiger partial charge >= 0.3 is 0 Å². The third kappa shape index (κ3) is 10.9. The van der Waals surface area contributed by atoms with Gasteiger partial charge in [0.15, 0.2) is 0 Å². The lowest BCUT2D eigenvalue weighted by molar-refractivity contribution is 0.210. The van der Waals surface area contributed by atoms with Crippen LogP contribution in [0.15, 0.2) is 92.5 Å². The monoisotopic (exact) mass is 549 g/mol. The minimum absolute atomic E-state index is 0.219. The van der Waals surface area contributed by atoms with Crippen LogP contribution in [-0.4, -0.2) is 48.6 Å². The van der Waals surface area contributed by atoms with Crippen LogP contribution in [0.25, 0.3) is 6.08 Å². The van der Waals surface area contributed by atoms with Crippen molar-refractivity contribution in [2.45, 2.75) is 40.5 Å². The van der Waals surface area contributed by atoms with E-state index in [1.165, 1.54) is 31.5 Å². The molecule has 0 unspecified atom stereocenters. The molecule has 1 N–H and O–H groups in total. The molecule has 0 saturated carbocycles. The summed E-state index contributed by atoms with van der Waals surface area (Å²) in [5.41, 5.74) is 4.64. The maximum Gasteiger partial charge on any atom is 0.124 e. The van der Waals surface area contributed by atoms with Crippen molar-refractivity contribution in [3.05, 3.63) is 93.6 Å². The molecule has 1 fully saturated rings. The molecule has 1 saturated heterocycles. The number of halogens is 1. The molecule has 0 spiro atoms. The number of phenols is 1. The number of hydrogen-bond acceptors (Lipinski definition) is 4. The van der Waals surface area contributed by atoms with Gasteiger partial charge in [-0.25, -0.2) is 0 Å². The largest absolute Gasteiger partial charge is 0.507 e. The van der Waals surface area contributed by atoms with Crippen LogP contribution in [0, 0.1) is 5.92 Å². The number of rotatable bonds is 7. The molecule has 0 atom stereocenters. The number of hydrogen-bond donors (Lipinski definition) is 1. The van der Waals surface area contributed by atoms with Crippen LogP contribution in [0.3, 0.4) is 0 Å². The van der Waals surface area contributed by atoms with Gasteiger partial charge in [0, 0.05) is 25.4 Å². The van der Waals surface area contributed by atoms with Gasteiger partial charge in [-0.2, -0.15) is 0 Å². The highest BCUT2D eigenvalue weighted by atomic mass is 79.9. The van der Waals surface area contributed by atoms with Gasteiger partial charge in [-0.1, -0.05) is 67.1 Å². The van der Waals surface area contributed by atoms with Gasteiger partial charge in [-0.15, -0.1) is 0 Å². The van der Waals surface area contributed by atoms with E-state index in [9.17, 15) is 5.11 Å². The summed E-state index contributed by atoms with van der Waals surface area (Å²) >= 11 is 3.43. The highest BCUT2D eigenvalue weighted by Gasteiger charge is 2.13. The summed E-state index contributed by atoms with van der Waals surface area (Å²) < 4.78 is 0.815. The number of phenolic OH excluding ortho intramolecular Hbond substituents is 1. The van der Waals surface area contributed by atoms with Crippen molar-refractivity contribution < 1.29 is 5.11 Å². The zero-order chi connectivity index (χ0) is 26.3. The van der Waals surface area contributed by atoms with E-state index in [2.05, 4.69) is 80.2 Å². The zero-order valence-electron chi connectivity index (χ0n) is 22.3. The van der Waals surface area contributed by atoms with Crippen LogP contribution in [0.5, 0.6) is 5.75 Å². The van der Waals surface area contributed by atoms with Crippen LogP contribution < -0.4 is 0 Å². The molecular formula is C31H40BrN3O. The number of aromatic hydroxyl groups is 1. The summed E-state index contributed by atoms with van der Waals surface area (Å²) in [6.07, 6.45) is 10.9. The van der Waals surface area contributed by atoms with Crippen LogP contribution in [-0.2, 0) is 0 Å². The Morgan fingerprint density at radius 1 is 1.03 bits per heavy atom. The lowest BCUT2D eigenvalue weighted by atomic mass is 9.99. The van der Waals surface area contributed by atoms with E-state index < -0.39 is 0 Å². The van der Waals surface area contributed by atoms with Gasteiger partial charge in [-0.3, -0.25) is 14.9 Å². The number of aliphatic imine (C=N–C) groups is 2. The third-order valence-electron chi connectivity index (χ3n) is 5.83. The van der Waals surface area contributed by atoms with Crippen molar-refractivity contribution in [1.82, 2.24) is 4.90 Å². The average molecular weight is 551 g/mol. The topological polar surface area (TPSA) is 48.2 Å². The molecule has 1 aliphatic rings. The predicted molar refractivity (Wildman–Crippen MR) is 160 cm³/mol. The minimum Gasteiger partial charge on any atom is -0.507 e. The summed E-state index contributed by atoms with van der Waals surface area (Å²) in [6.45, 7) is 11.9. The molecule has 0 aromatic heterocycles. The molecule has 2 aromatic carbocycles. The molecule has 192 valence electrons. The van der Waals surface area contributed by atoms with E-state index in [-0.39, 0.29) is 5.75 Å². The van der Waals surface area contributed by atoms with Crippen LogP contribution in [0.4, 0.5) is 0 Å². The number of nitrogens with zero attached hydrogens (tertiary/aromatic N) is 3. The van der Waals surface area contributed by atoms with Crippen LogP contribution >= 0.6 is 15.9 Å². The molecule has 0 radical (unpaired) electrons. The second-order valence-electron chi connectivity index (χ2n) is 9.35. The lowest BCUT2D eigenvalue weighted by Crippen LogP contribution is -2.32. The number of likely N-dealkylation sites (tertiary alicyclic amines) is 1. The molecule has 3 rings (SSSR count). The molecule has 1 aliphatic heterocycles. The fourth-order valence-corrected chi connectivity index (χ4v) is 4.01. The Morgan fingerprint density at radius 3 is 2.28 bits per heavy atom. The fraction of sp³-hybridized carbons (Fsp3) is 0.355. The first-order chi connectivity index (χ1) is 17.3. The molecule has 2 aromatic rings. The Bertz CT molecular complexity index is 1090. The first-order valence-corrected chi connectivity index (χ1v) is 13.3. The lowest BCUT2D eigenvalue weighted by Gasteiger charge is -2.29. The number of piperidine rings is 1. The number of benzene rings is 2. The highest BCUT2D eigenvalue weighted by molar-refractivity contribution is 9.12. The van der Waals surface area contributed by atoms with E-state index in [1.807, 2.05) is 39.0 Å². The molecular weight excluding hydrogens is 510 g/mol. The maximum atomic E-state index is 9.98. The molecule has 1 heterocycles. The first kappa shape index (κ1) is 29.5. The number of para-hydroxylation sites is 1. The molecule has 0 aliphatic carbocycles. The molecule has 5 heteroatoms. The van der Waals surface area contributed by atoms with Gasteiger partial charge in [0.2, 0.25) is 0 Å². The van der Waals surface area contributed by atoms with Crippen molar-refractivity contribution in [3.8, 4) is 5.75 Å². The number of allylic oxidation sites excluding steroid dienone is 4. The van der Waals surface area contributed by atoms with Crippen LogP contribution in [0.1, 0.15) is 51.7 Å². The maximum absolute atomic E-state index is 9.98. The second-order valence-corrected chi connectivity index (χ2v) is 10.2. The van der Waals surface area contributed by atoms with Gasteiger partial charge in [0.25, 0.3) is 0 Å². The van der Waals surface area contributed by atoms with E-state index in [0.717, 1.165) is 33.9 Å². The SMILES string of the molecule is CC1CCN(C/C=C/c2ccccc2)CC1.CN=C/C(Br)=C(\C)N=C(C=C(C)C)c1ccccc1O. The summed E-state index contributed by atoms with van der Waals surface area (Å²) in [5, 5.41) is 9.98. The normalized spacial score (nSPS) is 16.0. The minimum atomic E-state index is 0.219. The van der Waals surface area contributed by atoms with E-state index in [1.54, 1.807) is 25.4 Å². The first-order valence-electron chi connectivity index (χ1n) is 12.5. The Morgan fingerprint density at radius 2 is 1.67 bits per heavy atom. The quantitative estimate of drug-likeness (QED) is 0.356. The third-order valence-corrected chi connectivity index (χ3v) is 6.61. The van der Waals surface area contributed by atoms with E-state index >= 15 is 0 Å². The van der Waals surface area contributed by atoms with Crippen molar-refractivity contribution in [1.29, 1.82) is 0 Å². The Labute approximate surface area is 226 Å². The Balaban J connectivity index is 0.000000259. The summed E-state index contributed by atoms with van der Waals surface area (Å²) in [5.74, 6) is 1.14. The molecule has 4 nitrogen and oxygen atoms in total. The van der Waals surface area contributed by atoms with Gasteiger partial charge in [0.05, 0.1) is 15.9 Å². The summed E-state index contributed by atoms with van der Waals surface area (Å²) in [7, 11) is 1.71. The van der Waals surface area contributed by atoms with Crippen molar-refractivity contribution in [2.75, 3.05) is 26.7 Å². The summed E-state index contributed by atoms with van der Waals surface area (Å²) in [4.78, 5) is 11.1. The highest BCUT2D eigenvalue weighted by Crippen LogP contribution is 2.21. The van der Waals surface area contributed by atoms with Crippen molar-refractivity contribution >= 4 is 33.9 Å². The predicted octanol–water partition coefficient (Wildman–Crippen LogP) is 7.91.